The minimum absolute atomic E-state index is 0.140. The van der Waals surface area contributed by atoms with Crippen molar-refractivity contribution in [2.24, 2.45) is 0 Å². The van der Waals surface area contributed by atoms with E-state index >= 15 is 0 Å². The molecule has 0 spiro atoms. The Hall–Kier alpha value is -3.13. The SMILES string of the molecule is O=C(Nc1ccccc1-n1cccn1)c1cccc(N2CCCS2(=O)=O)c1. The van der Waals surface area contributed by atoms with Gasteiger partial charge in [0, 0.05) is 24.5 Å². The highest BCUT2D eigenvalue weighted by Gasteiger charge is 2.28. The van der Waals surface area contributed by atoms with Gasteiger partial charge >= 0.3 is 0 Å². The van der Waals surface area contributed by atoms with Crippen molar-refractivity contribution in [2.75, 3.05) is 21.9 Å². The van der Waals surface area contributed by atoms with Crippen LogP contribution in [0.5, 0.6) is 0 Å². The second-order valence-electron chi connectivity index (χ2n) is 6.21. The van der Waals surface area contributed by atoms with Crippen LogP contribution in [0.1, 0.15) is 16.8 Å². The molecule has 8 heteroatoms. The van der Waals surface area contributed by atoms with Crippen LogP contribution in [-0.2, 0) is 10.0 Å². The standard InChI is InChI=1S/C19H18N4O3S/c24-19(21-17-8-1-2-9-18(17)22-11-4-10-20-22)15-6-3-7-16(14-15)23-12-5-13-27(23,25)26/h1-4,6-11,14H,5,12-13H2,(H,21,24). The number of nitrogens with zero attached hydrogens (tertiary/aromatic N) is 3. The summed E-state index contributed by atoms with van der Waals surface area (Å²) >= 11 is 0. The summed E-state index contributed by atoms with van der Waals surface area (Å²) in [6, 6.07) is 15.8. The van der Waals surface area contributed by atoms with Gasteiger partial charge in [0.05, 0.1) is 22.8 Å². The van der Waals surface area contributed by atoms with Gasteiger partial charge in [0.1, 0.15) is 0 Å². The van der Waals surface area contributed by atoms with Crippen LogP contribution >= 0.6 is 0 Å². The molecule has 0 saturated carbocycles. The molecule has 1 aliphatic heterocycles. The molecule has 0 bridgehead atoms. The molecule has 2 heterocycles. The largest absolute Gasteiger partial charge is 0.320 e. The maximum Gasteiger partial charge on any atom is 0.255 e. The fourth-order valence-corrected chi connectivity index (χ4v) is 4.67. The quantitative estimate of drug-likeness (QED) is 0.752. The second-order valence-corrected chi connectivity index (χ2v) is 8.23. The van der Waals surface area contributed by atoms with E-state index in [1.807, 2.05) is 18.2 Å². The summed E-state index contributed by atoms with van der Waals surface area (Å²) in [4.78, 5) is 12.8. The fourth-order valence-electron chi connectivity index (χ4n) is 3.12. The van der Waals surface area contributed by atoms with Gasteiger partial charge in [-0.3, -0.25) is 9.10 Å². The van der Waals surface area contributed by atoms with Crippen LogP contribution in [0.25, 0.3) is 5.69 Å². The normalized spacial score (nSPS) is 15.6. The molecule has 1 aromatic heterocycles. The molecule has 1 fully saturated rings. The molecule has 1 N–H and O–H groups in total. The molecule has 1 amide bonds. The van der Waals surface area contributed by atoms with Crippen molar-refractivity contribution < 1.29 is 13.2 Å². The van der Waals surface area contributed by atoms with Gasteiger partial charge in [0.2, 0.25) is 10.0 Å². The average Bonchev–Trinajstić information content (AvgIpc) is 3.31. The van der Waals surface area contributed by atoms with Crippen LogP contribution in [0, 0.1) is 0 Å². The van der Waals surface area contributed by atoms with E-state index in [1.54, 1.807) is 53.5 Å². The molecule has 2 aromatic carbocycles. The lowest BCUT2D eigenvalue weighted by atomic mass is 10.1. The van der Waals surface area contributed by atoms with E-state index in [0.29, 0.717) is 29.9 Å². The molecule has 1 saturated heterocycles. The third kappa shape index (κ3) is 3.43. The molecule has 1 aliphatic rings. The summed E-state index contributed by atoms with van der Waals surface area (Å²) in [5.41, 5.74) is 2.27. The maximum atomic E-state index is 12.8. The molecule has 0 aliphatic carbocycles. The lowest BCUT2D eigenvalue weighted by Crippen LogP contribution is -2.25. The number of anilines is 2. The first-order valence-electron chi connectivity index (χ1n) is 8.55. The van der Waals surface area contributed by atoms with Gasteiger partial charge in [-0.15, -0.1) is 0 Å². The van der Waals surface area contributed by atoms with Gasteiger partial charge in [-0.25, -0.2) is 13.1 Å². The summed E-state index contributed by atoms with van der Waals surface area (Å²) in [5, 5.41) is 7.09. The van der Waals surface area contributed by atoms with Crippen molar-refractivity contribution in [1.82, 2.24) is 9.78 Å². The number of hydrogen-bond donors (Lipinski definition) is 1. The Bertz CT molecular complexity index is 1080. The molecule has 0 unspecified atom stereocenters. The Morgan fingerprint density at radius 1 is 1.07 bits per heavy atom. The number of aromatic nitrogens is 2. The first kappa shape index (κ1) is 17.3. The van der Waals surface area contributed by atoms with Gasteiger partial charge in [0.15, 0.2) is 0 Å². The Labute approximate surface area is 157 Å². The van der Waals surface area contributed by atoms with E-state index in [2.05, 4.69) is 10.4 Å². The van der Waals surface area contributed by atoms with Crippen LogP contribution < -0.4 is 9.62 Å². The molecule has 0 radical (unpaired) electrons. The second kappa shape index (κ2) is 6.88. The lowest BCUT2D eigenvalue weighted by molar-refractivity contribution is 0.102. The monoisotopic (exact) mass is 382 g/mol. The predicted octanol–water partition coefficient (Wildman–Crippen LogP) is 2.66. The lowest BCUT2D eigenvalue weighted by Gasteiger charge is -2.17. The molecule has 27 heavy (non-hydrogen) atoms. The zero-order chi connectivity index (χ0) is 18.9. The zero-order valence-corrected chi connectivity index (χ0v) is 15.3. The van der Waals surface area contributed by atoms with Crippen molar-refractivity contribution in [3.8, 4) is 5.69 Å². The maximum absolute atomic E-state index is 12.8. The van der Waals surface area contributed by atoms with Gasteiger partial charge in [0.25, 0.3) is 5.91 Å². The highest BCUT2D eigenvalue weighted by Crippen LogP contribution is 2.26. The van der Waals surface area contributed by atoms with Crippen LogP contribution in [0.15, 0.2) is 67.0 Å². The van der Waals surface area contributed by atoms with E-state index in [-0.39, 0.29) is 11.7 Å². The van der Waals surface area contributed by atoms with Crippen molar-refractivity contribution in [1.29, 1.82) is 0 Å². The van der Waals surface area contributed by atoms with Crippen molar-refractivity contribution in [2.45, 2.75) is 6.42 Å². The minimum Gasteiger partial charge on any atom is -0.320 e. The molecular weight excluding hydrogens is 364 g/mol. The molecule has 138 valence electrons. The summed E-state index contributed by atoms with van der Waals surface area (Å²) in [6.07, 6.45) is 4.05. The summed E-state index contributed by atoms with van der Waals surface area (Å²) < 4.78 is 27.3. The topological polar surface area (TPSA) is 84.3 Å². The average molecular weight is 382 g/mol. The zero-order valence-electron chi connectivity index (χ0n) is 14.4. The number of carbonyl (C=O) groups is 1. The van der Waals surface area contributed by atoms with Gasteiger partial charge < -0.3 is 5.32 Å². The van der Waals surface area contributed by atoms with Gasteiger partial charge in [-0.1, -0.05) is 18.2 Å². The first-order valence-corrected chi connectivity index (χ1v) is 10.2. The summed E-state index contributed by atoms with van der Waals surface area (Å²) in [7, 11) is -3.29. The predicted molar refractivity (Wildman–Crippen MR) is 104 cm³/mol. The third-order valence-electron chi connectivity index (χ3n) is 4.40. The smallest absolute Gasteiger partial charge is 0.255 e. The van der Waals surface area contributed by atoms with Crippen LogP contribution in [0.4, 0.5) is 11.4 Å². The Balaban J connectivity index is 1.61. The van der Waals surface area contributed by atoms with Gasteiger partial charge in [-0.2, -0.15) is 5.10 Å². The number of amides is 1. The van der Waals surface area contributed by atoms with Crippen molar-refractivity contribution in [3.63, 3.8) is 0 Å². The van der Waals surface area contributed by atoms with Crippen LogP contribution in [0.2, 0.25) is 0 Å². The molecule has 7 nitrogen and oxygen atoms in total. The highest BCUT2D eigenvalue weighted by molar-refractivity contribution is 7.93. The molecular formula is C19H18N4O3S. The van der Waals surface area contributed by atoms with E-state index in [1.165, 1.54) is 4.31 Å². The number of sulfonamides is 1. The third-order valence-corrected chi connectivity index (χ3v) is 6.27. The Kier molecular flexibility index (Phi) is 4.41. The highest BCUT2D eigenvalue weighted by atomic mass is 32.2. The number of hydrogen-bond acceptors (Lipinski definition) is 4. The number of para-hydroxylation sites is 2. The van der Waals surface area contributed by atoms with E-state index < -0.39 is 10.0 Å². The van der Waals surface area contributed by atoms with E-state index in [0.717, 1.165) is 5.69 Å². The number of benzene rings is 2. The summed E-state index contributed by atoms with van der Waals surface area (Å²) in [5.74, 6) is -0.172. The minimum atomic E-state index is -3.29. The fraction of sp³-hybridized carbons (Fsp3) is 0.158. The molecule has 0 atom stereocenters. The van der Waals surface area contributed by atoms with Crippen molar-refractivity contribution >= 4 is 27.3 Å². The van der Waals surface area contributed by atoms with Gasteiger partial charge in [-0.05, 0) is 42.8 Å². The Morgan fingerprint density at radius 2 is 1.93 bits per heavy atom. The van der Waals surface area contributed by atoms with E-state index in [4.69, 9.17) is 0 Å². The van der Waals surface area contributed by atoms with Crippen LogP contribution in [0.3, 0.4) is 0 Å². The van der Waals surface area contributed by atoms with Crippen LogP contribution in [-0.4, -0.2) is 36.4 Å². The number of nitrogens with one attached hydrogen (secondary N) is 1. The van der Waals surface area contributed by atoms with E-state index in [9.17, 15) is 13.2 Å². The number of rotatable bonds is 4. The summed E-state index contributed by atoms with van der Waals surface area (Å²) in [6.45, 7) is 0.440. The molecule has 3 aromatic rings. The first-order chi connectivity index (χ1) is 13.0. The number of carbonyl (C=O) groups excluding carboxylic acids is 1. The Morgan fingerprint density at radius 3 is 2.67 bits per heavy atom. The molecule has 4 rings (SSSR count). The van der Waals surface area contributed by atoms with Crippen molar-refractivity contribution in [3.05, 3.63) is 72.6 Å².